The van der Waals surface area contributed by atoms with E-state index in [2.05, 4.69) is 15.0 Å². The molecule has 0 unspecified atom stereocenters. The molecule has 4 heteroatoms. The van der Waals surface area contributed by atoms with Crippen LogP contribution in [0.5, 0.6) is 5.88 Å². The van der Waals surface area contributed by atoms with Crippen LogP contribution in [0.2, 0.25) is 0 Å². The molecule has 0 aliphatic heterocycles. The van der Waals surface area contributed by atoms with Crippen LogP contribution in [0.15, 0.2) is 30.7 Å². The van der Waals surface area contributed by atoms with E-state index >= 15 is 0 Å². The highest BCUT2D eigenvalue weighted by atomic mass is 16.5. The predicted octanol–water partition coefficient (Wildman–Crippen LogP) is 1.48. The van der Waals surface area contributed by atoms with E-state index in [1.54, 1.807) is 25.7 Å². The second-order valence-electron chi connectivity index (χ2n) is 2.52. The first-order chi connectivity index (χ1) is 6.40. The summed E-state index contributed by atoms with van der Waals surface area (Å²) in [6.07, 6.45) is 3.41. The third-order valence-corrected chi connectivity index (χ3v) is 1.69. The van der Waals surface area contributed by atoms with Crippen LogP contribution in [0, 0.1) is 0 Å². The molecule has 2 heterocycles. The van der Waals surface area contributed by atoms with Crippen molar-refractivity contribution in [3.63, 3.8) is 0 Å². The van der Waals surface area contributed by atoms with Gasteiger partial charge in [0.25, 0.3) is 0 Å². The van der Waals surface area contributed by atoms with Crippen LogP contribution in [-0.4, -0.2) is 22.1 Å². The molecule has 13 heavy (non-hydrogen) atoms. The minimum absolute atomic E-state index is 0.598. The van der Waals surface area contributed by atoms with Gasteiger partial charge < -0.3 is 9.72 Å². The molecule has 2 aromatic heterocycles. The van der Waals surface area contributed by atoms with E-state index in [1.165, 1.54) is 0 Å². The number of methoxy groups -OCH3 is 1. The van der Waals surface area contributed by atoms with Gasteiger partial charge in [-0.15, -0.1) is 0 Å². The van der Waals surface area contributed by atoms with E-state index in [1.807, 2.05) is 12.1 Å². The van der Waals surface area contributed by atoms with Crippen molar-refractivity contribution in [1.82, 2.24) is 15.0 Å². The monoisotopic (exact) mass is 175 g/mol. The molecule has 0 spiro atoms. The third kappa shape index (κ3) is 1.51. The number of imidazole rings is 1. The van der Waals surface area contributed by atoms with Gasteiger partial charge >= 0.3 is 0 Å². The maximum atomic E-state index is 5.00. The van der Waals surface area contributed by atoms with Crippen molar-refractivity contribution < 1.29 is 4.74 Å². The zero-order chi connectivity index (χ0) is 9.10. The van der Waals surface area contributed by atoms with Crippen molar-refractivity contribution in [3.05, 3.63) is 30.7 Å². The zero-order valence-corrected chi connectivity index (χ0v) is 7.19. The lowest BCUT2D eigenvalue weighted by Gasteiger charge is -1.99. The van der Waals surface area contributed by atoms with Gasteiger partial charge in [0.15, 0.2) is 0 Å². The fourth-order valence-electron chi connectivity index (χ4n) is 1.07. The van der Waals surface area contributed by atoms with Gasteiger partial charge in [-0.05, 0) is 6.07 Å². The molecule has 0 saturated heterocycles. The predicted molar refractivity (Wildman–Crippen MR) is 48.4 cm³/mol. The van der Waals surface area contributed by atoms with Crippen molar-refractivity contribution in [2.45, 2.75) is 0 Å². The molecule has 0 fully saturated rings. The van der Waals surface area contributed by atoms with Crippen LogP contribution in [-0.2, 0) is 0 Å². The van der Waals surface area contributed by atoms with E-state index < -0.39 is 0 Å². The van der Waals surface area contributed by atoms with Crippen LogP contribution >= 0.6 is 0 Å². The smallest absolute Gasteiger partial charge is 0.213 e. The SMILES string of the molecule is COc1cccc(-c2c[nH]cn2)n1. The zero-order valence-electron chi connectivity index (χ0n) is 7.19. The Labute approximate surface area is 75.6 Å². The van der Waals surface area contributed by atoms with E-state index in [0.717, 1.165) is 11.4 Å². The van der Waals surface area contributed by atoms with Gasteiger partial charge in [-0.2, -0.15) is 0 Å². The maximum Gasteiger partial charge on any atom is 0.213 e. The van der Waals surface area contributed by atoms with Gasteiger partial charge in [-0.3, -0.25) is 0 Å². The second-order valence-corrected chi connectivity index (χ2v) is 2.52. The highest BCUT2D eigenvalue weighted by molar-refractivity contribution is 5.53. The van der Waals surface area contributed by atoms with Crippen molar-refractivity contribution in [1.29, 1.82) is 0 Å². The molecular weight excluding hydrogens is 166 g/mol. The number of rotatable bonds is 2. The van der Waals surface area contributed by atoms with Crippen molar-refractivity contribution in [2.24, 2.45) is 0 Å². The lowest BCUT2D eigenvalue weighted by atomic mass is 10.3. The third-order valence-electron chi connectivity index (χ3n) is 1.69. The fraction of sp³-hybridized carbons (Fsp3) is 0.111. The molecule has 0 aliphatic rings. The van der Waals surface area contributed by atoms with Gasteiger partial charge in [-0.1, -0.05) is 6.07 Å². The number of hydrogen-bond acceptors (Lipinski definition) is 3. The molecule has 2 rings (SSSR count). The Morgan fingerprint density at radius 3 is 2.92 bits per heavy atom. The largest absolute Gasteiger partial charge is 0.481 e. The molecule has 1 N–H and O–H groups in total. The molecule has 0 amide bonds. The summed E-state index contributed by atoms with van der Waals surface area (Å²) in [6, 6.07) is 5.57. The number of aromatic amines is 1. The van der Waals surface area contributed by atoms with E-state index in [-0.39, 0.29) is 0 Å². The Morgan fingerprint density at radius 1 is 1.31 bits per heavy atom. The Bertz CT molecular complexity index is 384. The number of aromatic nitrogens is 3. The van der Waals surface area contributed by atoms with Crippen molar-refractivity contribution in [2.75, 3.05) is 7.11 Å². The van der Waals surface area contributed by atoms with Crippen LogP contribution < -0.4 is 4.74 Å². The summed E-state index contributed by atoms with van der Waals surface area (Å²) >= 11 is 0. The van der Waals surface area contributed by atoms with E-state index in [9.17, 15) is 0 Å². The Kier molecular flexibility index (Phi) is 1.96. The molecule has 4 nitrogen and oxygen atoms in total. The molecular formula is C9H9N3O. The average Bonchev–Trinajstić information content (AvgIpc) is 2.71. The van der Waals surface area contributed by atoms with E-state index in [4.69, 9.17) is 4.74 Å². The summed E-state index contributed by atoms with van der Waals surface area (Å²) in [7, 11) is 1.59. The number of nitrogens with zero attached hydrogens (tertiary/aromatic N) is 2. The first-order valence-electron chi connectivity index (χ1n) is 3.90. The van der Waals surface area contributed by atoms with Gasteiger partial charge in [0.2, 0.25) is 5.88 Å². The standard InChI is InChI=1S/C9H9N3O/c1-13-9-4-2-3-7(12-9)8-5-10-6-11-8/h2-6H,1H3,(H,10,11). The summed E-state index contributed by atoms with van der Waals surface area (Å²) in [4.78, 5) is 11.2. The first-order valence-corrected chi connectivity index (χ1v) is 3.90. The quantitative estimate of drug-likeness (QED) is 0.752. The summed E-state index contributed by atoms with van der Waals surface area (Å²) in [5, 5.41) is 0. The van der Waals surface area contributed by atoms with Crippen molar-refractivity contribution >= 4 is 0 Å². The van der Waals surface area contributed by atoms with Crippen LogP contribution in [0.3, 0.4) is 0 Å². The Morgan fingerprint density at radius 2 is 2.23 bits per heavy atom. The minimum Gasteiger partial charge on any atom is -0.481 e. The first kappa shape index (κ1) is 7.79. The van der Waals surface area contributed by atoms with Crippen LogP contribution in [0.4, 0.5) is 0 Å². The second kappa shape index (κ2) is 3.26. The summed E-state index contributed by atoms with van der Waals surface area (Å²) in [5.41, 5.74) is 1.62. The molecule has 0 aromatic carbocycles. The van der Waals surface area contributed by atoms with Crippen LogP contribution in [0.1, 0.15) is 0 Å². The minimum atomic E-state index is 0.598. The van der Waals surface area contributed by atoms with Crippen molar-refractivity contribution in [3.8, 4) is 17.3 Å². The lowest BCUT2D eigenvalue weighted by Crippen LogP contribution is -1.89. The average molecular weight is 175 g/mol. The molecule has 0 bridgehead atoms. The van der Waals surface area contributed by atoms with E-state index in [0.29, 0.717) is 5.88 Å². The van der Waals surface area contributed by atoms with Crippen LogP contribution in [0.25, 0.3) is 11.4 Å². The van der Waals surface area contributed by atoms with Gasteiger partial charge in [-0.25, -0.2) is 9.97 Å². The summed E-state index contributed by atoms with van der Waals surface area (Å²) < 4.78 is 5.00. The highest BCUT2D eigenvalue weighted by Crippen LogP contribution is 2.15. The maximum absolute atomic E-state index is 5.00. The normalized spacial score (nSPS) is 9.92. The molecule has 0 radical (unpaired) electrons. The van der Waals surface area contributed by atoms with Gasteiger partial charge in [0.1, 0.15) is 5.69 Å². The molecule has 66 valence electrons. The Balaban J connectivity index is 2.41. The number of ether oxygens (including phenoxy) is 1. The number of pyridine rings is 1. The fourth-order valence-corrected chi connectivity index (χ4v) is 1.07. The Hall–Kier alpha value is -1.84. The molecule has 0 atom stereocenters. The number of H-pyrrole nitrogens is 1. The topological polar surface area (TPSA) is 50.8 Å². The molecule has 2 aromatic rings. The highest BCUT2D eigenvalue weighted by Gasteiger charge is 2.01. The summed E-state index contributed by atoms with van der Waals surface area (Å²) in [6.45, 7) is 0. The molecule has 0 aliphatic carbocycles. The number of hydrogen-bond donors (Lipinski definition) is 1. The summed E-state index contributed by atoms with van der Waals surface area (Å²) in [5.74, 6) is 0.598. The lowest BCUT2D eigenvalue weighted by molar-refractivity contribution is 0.398. The number of nitrogens with one attached hydrogen (secondary N) is 1. The van der Waals surface area contributed by atoms with Gasteiger partial charge in [0, 0.05) is 12.3 Å². The van der Waals surface area contributed by atoms with Gasteiger partial charge in [0.05, 0.1) is 19.1 Å². The molecule has 0 saturated carbocycles.